The minimum absolute atomic E-state index is 0. The van der Waals surface area contributed by atoms with Crippen LogP contribution in [-0.4, -0.2) is 40.2 Å². The van der Waals surface area contributed by atoms with Gasteiger partial charge in [0.15, 0.2) is 0 Å². The first-order valence-electron chi connectivity index (χ1n) is 8.13. The van der Waals surface area contributed by atoms with Crippen molar-refractivity contribution in [1.29, 1.82) is 0 Å². The van der Waals surface area contributed by atoms with Gasteiger partial charge in [0, 0.05) is 19.6 Å². The molecule has 1 aromatic heterocycles. The van der Waals surface area contributed by atoms with Crippen LogP contribution in [0.1, 0.15) is 36.3 Å². The van der Waals surface area contributed by atoms with Crippen LogP contribution in [-0.2, 0) is 0 Å². The van der Waals surface area contributed by atoms with Gasteiger partial charge in [0.2, 0.25) is 0 Å². The van der Waals surface area contributed by atoms with Crippen LogP contribution in [0.2, 0.25) is 5.02 Å². The van der Waals surface area contributed by atoms with Crippen LogP contribution in [0.5, 0.6) is 0 Å². The monoisotopic (exact) mass is 384 g/mol. The number of amides is 1. The summed E-state index contributed by atoms with van der Waals surface area (Å²) in [5.74, 6) is 0.347. The van der Waals surface area contributed by atoms with Crippen LogP contribution in [0.25, 0.3) is 5.69 Å². The maximum Gasteiger partial charge on any atom is 0.257 e. The van der Waals surface area contributed by atoms with E-state index in [9.17, 15) is 4.79 Å². The number of carbonyl (C=O) groups is 1. The summed E-state index contributed by atoms with van der Waals surface area (Å²) in [6.07, 6.45) is 2.37. The lowest BCUT2D eigenvalue weighted by molar-refractivity contribution is 0.0788. The zero-order chi connectivity index (χ0) is 17.9. The van der Waals surface area contributed by atoms with E-state index in [1.165, 1.54) is 0 Å². The molecule has 25 heavy (non-hydrogen) atoms. The molecule has 0 aliphatic carbocycles. The lowest BCUT2D eigenvalue weighted by Gasteiger charge is -2.21. The average Bonchev–Trinajstić information content (AvgIpc) is 2.93. The molecule has 0 aliphatic rings. The molecule has 138 valence electrons. The summed E-state index contributed by atoms with van der Waals surface area (Å²) in [6, 6.07) is 7.53. The molecule has 1 amide bonds. The number of nitrogens with two attached hydrogens (primary N) is 1. The van der Waals surface area contributed by atoms with E-state index in [0.717, 1.165) is 17.8 Å². The average molecular weight is 385 g/mol. The summed E-state index contributed by atoms with van der Waals surface area (Å²) in [7, 11) is 1.79. The molecule has 7 heteroatoms. The number of carbonyl (C=O) groups excluding carboxylic acids is 1. The third-order valence-electron chi connectivity index (χ3n) is 4.32. The highest BCUT2D eigenvalue weighted by Crippen LogP contribution is 2.22. The van der Waals surface area contributed by atoms with Gasteiger partial charge in [-0.25, -0.2) is 4.68 Å². The molecular weight excluding hydrogens is 359 g/mol. The Bertz CT molecular complexity index is 715. The molecule has 0 spiro atoms. The van der Waals surface area contributed by atoms with E-state index >= 15 is 0 Å². The minimum Gasteiger partial charge on any atom is -0.342 e. The van der Waals surface area contributed by atoms with Crippen LogP contribution >= 0.6 is 24.0 Å². The number of hydrogen-bond acceptors (Lipinski definition) is 3. The summed E-state index contributed by atoms with van der Waals surface area (Å²) < 4.78 is 1.70. The highest BCUT2D eigenvalue weighted by molar-refractivity contribution is 6.32. The predicted octanol–water partition coefficient (Wildman–Crippen LogP) is 3.70. The van der Waals surface area contributed by atoms with E-state index < -0.39 is 0 Å². The lowest BCUT2D eigenvalue weighted by Crippen LogP contribution is -2.34. The second-order valence-electron chi connectivity index (χ2n) is 6.43. The van der Waals surface area contributed by atoms with Gasteiger partial charge in [0.05, 0.1) is 28.2 Å². The van der Waals surface area contributed by atoms with Crippen LogP contribution in [0.4, 0.5) is 0 Å². The van der Waals surface area contributed by atoms with Gasteiger partial charge in [0.25, 0.3) is 5.91 Å². The quantitative estimate of drug-likeness (QED) is 0.825. The van der Waals surface area contributed by atoms with E-state index in [4.69, 9.17) is 17.3 Å². The van der Waals surface area contributed by atoms with Crippen LogP contribution in [0.15, 0.2) is 30.5 Å². The fourth-order valence-corrected chi connectivity index (χ4v) is 2.68. The van der Waals surface area contributed by atoms with Gasteiger partial charge in [-0.3, -0.25) is 4.79 Å². The van der Waals surface area contributed by atoms with E-state index in [1.54, 1.807) is 28.9 Å². The van der Waals surface area contributed by atoms with Crippen molar-refractivity contribution in [3.63, 3.8) is 0 Å². The number of para-hydroxylation sites is 1. The van der Waals surface area contributed by atoms with E-state index in [-0.39, 0.29) is 24.4 Å². The molecule has 1 atom stereocenters. The maximum atomic E-state index is 12.7. The Morgan fingerprint density at radius 2 is 2.00 bits per heavy atom. The minimum atomic E-state index is -0.0539. The van der Waals surface area contributed by atoms with Crippen molar-refractivity contribution in [2.75, 3.05) is 13.6 Å². The molecule has 2 N–H and O–H groups in total. The van der Waals surface area contributed by atoms with Gasteiger partial charge in [-0.1, -0.05) is 37.6 Å². The molecule has 5 nitrogen and oxygen atoms in total. The molecule has 0 radical (unpaired) electrons. The molecular formula is C18H26Cl2N4O. The third kappa shape index (κ3) is 4.97. The Hall–Kier alpha value is -1.56. The first-order valence-corrected chi connectivity index (χ1v) is 8.51. The fourth-order valence-electron chi connectivity index (χ4n) is 2.47. The van der Waals surface area contributed by atoms with Gasteiger partial charge in [-0.2, -0.15) is 5.10 Å². The standard InChI is InChI=1S/C18H25ClN4O.ClH/c1-12(2)16(20)9-10-22(4)18(24)14-11-21-23(13(14)3)17-8-6-5-7-15(17)19;/h5-8,11-12,16H,9-10,20H2,1-4H3;1H. The zero-order valence-electron chi connectivity index (χ0n) is 15.1. The van der Waals surface area contributed by atoms with Crippen molar-refractivity contribution in [2.45, 2.75) is 33.2 Å². The number of aromatic nitrogens is 2. The molecule has 0 saturated heterocycles. The normalized spacial score (nSPS) is 12.0. The largest absolute Gasteiger partial charge is 0.342 e. The Kier molecular flexibility index (Phi) is 7.93. The maximum absolute atomic E-state index is 12.7. The van der Waals surface area contributed by atoms with Gasteiger partial charge < -0.3 is 10.6 Å². The van der Waals surface area contributed by atoms with Crippen molar-refractivity contribution in [3.05, 3.63) is 46.7 Å². The highest BCUT2D eigenvalue weighted by Gasteiger charge is 2.20. The molecule has 0 aliphatic heterocycles. The number of benzene rings is 1. The number of rotatable bonds is 6. The highest BCUT2D eigenvalue weighted by atomic mass is 35.5. The van der Waals surface area contributed by atoms with Gasteiger partial charge in [-0.15, -0.1) is 12.4 Å². The Morgan fingerprint density at radius 3 is 2.60 bits per heavy atom. The fraction of sp³-hybridized carbons (Fsp3) is 0.444. The Morgan fingerprint density at radius 1 is 1.36 bits per heavy atom. The van der Waals surface area contributed by atoms with E-state index in [2.05, 4.69) is 18.9 Å². The number of nitrogens with zero attached hydrogens (tertiary/aromatic N) is 3. The second kappa shape index (κ2) is 9.22. The molecule has 0 bridgehead atoms. The van der Waals surface area contributed by atoms with E-state index in [0.29, 0.717) is 23.0 Å². The summed E-state index contributed by atoms with van der Waals surface area (Å²) in [4.78, 5) is 14.4. The van der Waals surface area contributed by atoms with Crippen molar-refractivity contribution in [3.8, 4) is 5.69 Å². The smallest absolute Gasteiger partial charge is 0.257 e. The first-order chi connectivity index (χ1) is 11.3. The van der Waals surface area contributed by atoms with Gasteiger partial charge in [0.1, 0.15) is 0 Å². The molecule has 1 heterocycles. The number of hydrogen-bond donors (Lipinski definition) is 1. The third-order valence-corrected chi connectivity index (χ3v) is 4.64. The Balaban J connectivity index is 0.00000312. The van der Waals surface area contributed by atoms with Gasteiger partial charge >= 0.3 is 0 Å². The summed E-state index contributed by atoms with van der Waals surface area (Å²) in [6.45, 7) is 6.67. The lowest BCUT2D eigenvalue weighted by atomic mass is 10.0. The summed E-state index contributed by atoms with van der Waals surface area (Å²) in [5, 5.41) is 4.93. The topological polar surface area (TPSA) is 64.2 Å². The summed E-state index contributed by atoms with van der Waals surface area (Å²) in [5.41, 5.74) is 8.18. The van der Waals surface area contributed by atoms with Crippen LogP contribution < -0.4 is 5.73 Å². The first kappa shape index (κ1) is 21.5. The van der Waals surface area contributed by atoms with Crippen molar-refractivity contribution in [1.82, 2.24) is 14.7 Å². The van der Waals surface area contributed by atoms with Crippen molar-refractivity contribution in [2.24, 2.45) is 11.7 Å². The zero-order valence-corrected chi connectivity index (χ0v) is 16.6. The van der Waals surface area contributed by atoms with E-state index in [1.807, 2.05) is 25.1 Å². The van der Waals surface area contributed by atoms with Crippen LogP contribution in [0.3, 0.4) is 0 Å². The molecule has 2 aromatic rings. The summed E-state index contributed by atoms with van der Waals surface area (Å²) >= 11 is 6.23. The SMILES string of the molecule is Cc1c(C(=O)N(C)CCC(N)C(C)C)cnn1-c1ccccc1Cl.Cl. The molecule has 1 unspecified atom stereocenters. The number of halogens is 2. The second-order valence-corrected chi connectivity index (χ2v) is 6.84. The van der Waals surface area contributed by atoms with Crippen molar-refractivity contribution < 1.29 is 4.79 Å². The van der Waals surface area contributed by atoms with Gasteiger partial charge in [-0.05, 0) is 31.4 Å². The molecule has 0 saturated carbocycles. The predicted molar refractivity (Wildman–Crippen MR) is 105 cm³/mol. The Labute approximate surface area is 160 Å². The molecule has 0 fully saturated rings. The van der Waals surface area contributed by atoms with Crippen molar-refractivity contribution >= 4 is 29.9 Å². The van der Waals surface area contributed by atoms with Crippen LogP contribution in [0, 0.1) is 12.8 Å². The molecule has 2 rings (SSSR count). The molecule has 1 aromatic carbocycles.